The number of ether oxygens (including phenoxy) is 5. The van der Waals surface area contributed by atoms with Gasteiger partial charge in [0.2, 0.25) is 11.8 Å². The molecule has 0 unspecified atom stereocenters. The molecule has 3 aromatic heterocycles. The molecule has 2 amide bonds. The minimum atomic E-state index is -1.16. The molecule has 5 heterocycles. The first kappa shape index (κ1) is 82.8. The van der Waals surface area contributed by atoms with E-state index in [0.29, 0.717) is 39.2 Å². The number of aryl methyl sites for hydroxylation is 3. The lowest BCUT2D eigenvalue weighted by molar-refractivity contribution is -0.167. The van der Waals surface area contributed by atoms with Gasteiger partial charge in [-0.15, -0.1) is 34.0 Å². The van der Waals surface area contributed by atoms with Crippen LogP contribution in [0.1, 0.15) is 139 Å². The summed E-state index contributed by atoms with van der Waals surface area (Å²) in [6, 6.07) is 46.4. The highest BCUT2D eigenvalue weighted by Gasteiger charge is 2.38. The molecule has 18 nitrogen and oxygen atoms in total. The van der Waals surface area contributed by atoms with Gasteiger partial charge in [-0.1, -0.05) is 71.2 Å². The van der Waals surface area contributed by atoms with Gasteiger partial charge >= 0.3 is 17.9 Å². The van der Waals surface area contributed by atoms with Crippen LogP contribution in [0.15, 0.2) is 146 Å². The van der Waals surface area contributed by atoms with Gasteiger partial charge in [0, 0.05) is 97.7 Å². The van der Waals surface area contributed by atoms with Gasteiger partial charge in [-0.3, -0.25) is 9.59 Å². The van der Waals surface area contributed by atoms with Crippen molar-refractivity contribution in [3.05, 3.63) is 205 Å². The minimum absolute atomic E-state index is 0.0697. The van der Waals surface area contributed by atoms with Crippen molar-refractivity contribution in [3.8, 4) is 65.1 Å². The molecule has 9 aromatic carbocycles. The summed E-state index contributed by atoms with van der Waals surface area (Å²) in [5.74, 6) is -1.75. The second kappa shape index (κ2) is 33.4. The molecule has 0 fully saturated rings. The van der Waals surface area contributed by atoms with Crippen LogP contribution >= 0.6 is 68.8 Å². The van der Waals surface area contributed by atoms with E-state index in [-0.39, 0.29) is 25.0 Å². The lowest BCUT2D eigenvalue weighted by atomic mass is 9.91. The summed E-state index contributed by atoms with van der Waals surface area (Å²) in [7, 11) is 5.42. The number of carboxylic acid groups (broad SMARTS) is 1. The summed E-state index contributed by atoms with van der Waals surface area (Å²) in [4.78, 5) is 81.8. The number of rotatable bonds is 18. The Hall–Kier alpha value is -9.65. The molecule has 24 heteroatoms. The van der Waals surface area contributed by atoms with Crippen LogP contribution in [-0.4, -0.2) is 101 Å². The van der Waals surface area contributed by atoms with Crippen LogP contribution in [0.2, 0.25) is 15.1 Å². The Morgan fingerprint density at radius 1 is 0.478 bits per heavy atom. The number of benzene rings is 9. The zero-order chi connectivity index (χ0) is 81.6. The highest BCUT2D eigenvalue weighted by atomic mass is 35.5. The first-order valence-corrected chi connectivity index (χ1v) is 40.6. The van der Waals surface area contributed by atoms with E-state index in [1.807, 2.05) is 224 Å². The molecule has 586 valence electrons. The summed E-state index contributed by atoms with van der Waals surface area (Å²) in [6.45, 7) is 27.1. The number of amides is 2. The minimum Gasteiger partial charge on any atom is -0.479 e. The number of carbonyl (C=O) groups excluding carboxylic acids is 4. The van der Waals surface area contributed by atoms with Crippen LogP contribution in [-0.2, 0) is 60.5 Å². The highest BCUT2D eigenvalue weighted by molar-refractivity contribution is 7.23. The molecule has 12 aromatic rings. The van der Waals surface area contributed by atoms with Crippen LogP contribution in [0.3, 0.4) is 0 Å². The van der Waals surface area contributed by atoms with E-state index in [1.165, 1.54) is 11.3 Å². The molecular formula is C89H90Cl3N7O11S3. The molecule has 4 N–H and O–H groups in total. The fourth-order valence-corrected chi connectivity index (χ4v) is 17.8. The zero-order valence-electron chi connectivity index (χ0n) is 66.1. The van der Waals surface area contributed by atoms with Crippen LogP contribution in [0.25, 0.3) is 95.7 Å². The summed E-state index contributed by atoms with van der Waals surface area (Å²) in [6.07, 6.45) is -2.25. The summed E-state index contributed by atoms with van der Waals surface area (Å²) in [5, 5.41) is 17.6. The van der Waals surface area contributed by atoms with E-state index in [0.717, 1.165) is 152 Å². The van der Waals surface area contributed by atoms with Gasteiger partial charge in [0.15, 0.2) is 18.3 Å². The van der Waals surface area contributed by atoms with Gasteiger partial charge in [0.25, 0.3) is 0 Å². The average Bonchev–Trinajstić information content (AvgIpc) is 1.74. The van der Waals surface area contributed by atoms with Crippen LogP contribution in [0.5, 0.6) is 0 Å². The van der Waals surface area contributed by atoms with Gasteiger partial charge in [0.1, 0.15) is 15.0 Å². The Morgan fingerprint density at radius 2 is 0.779 bits per heavy atom. The lowest BCUT2D eigenvalue weighted by Crippen LogP contribution is -2.29. The number of likely N-dealkylation sites (N-methyl/N-ethyl adjacent to an activating group) is 2. The van der Waals surface area contributed by atoms with Crippen molar-refractivity contribution in [2.75, 3.05) is 55.2 Å². The van der Waals surface area contributed by atoms with Gasteiger partial charge in [-0.25, -0.2) is 29.3 Å². The topological polar surface area (TPSA) is 235 Å². The average molecular weight is 1640 g/mol. The van der Waals surface area contributed by atoms with Crippen molar-refractivity contribution in [1.82, 2.24) is 15.0 Å². The fourth-order valence-electron chi connectivity index (χ4n) is 14.0. The molecule has 2 aliphatic heterocycles. The molecule has 0 aliphatic carbocycles. The number of hydrogen-bond acceptors (Lipinski definition) is 18. The standard InChI is InChI=1S/C31H31ClN2O4S.C29H32ClN3O3S.C29H27ClN2O4S/c1-7-37-30(36)27(38-31(3,4)5)25-17(2)14-22-28(26(25)18-8-11-21(32)12-9-18)39-29(33-22)19-10-13-23-20(15-19)16-24(35)34(23)6;1-7-35-28(34)25(36-29(3,4)5)23-16(2)14-22-26(24(23)17-8-11-19(30)12-9-17)37-27(33-22)18-10-13-21(32-6)20(31)15-18;1-15-12-20-26(37-27(31-20)17-8-11-21-18(13-17)14-22(33)32(21)5)24(16-6-9-19(30)10-7-16)23(15)25(28(34)35)36-29(2,3)4/h8-15,27H,7,16H2,1-6H3;8-15,25,32H,7,31H2,1-6H3;6-13,25H,14H2,1-5H3,(H,34,35)/t27-;2*25-/m000/s1. The maximum atomic E-state index is 13.3. The SMILES string of the molecule is CCOC(=O)[C@@H](OC(C)(C)C)c1c(C)cc2nc(-c3ccc(NC)c(N)c3)sc2c1-c1ccc(Cl)cc1.CCOC(=O)[C@@H](OC(C)(C)C)c1c(C)cc2nc(-c3ccc4c(c3)CC(=O)N4C)sc2c1-c1ccc(Cl)cc1.Cc1cc2nc(-c3ccc4c(c3)CC(=O)N4C)sc2c(-c2ccc(Cl)cc2)c1[C@H](OC(C)(C)C)C(=O)O. The van der Waals surface area contributed by atoms with Gasteiger partial charge < -0.3 is 49.6 Å². The zero-order valence-corrected chi connectivity index (χ0v) is 70.8. The van der Waals surface area contributed by atoms with Crippen molar-refractivity contribution >= 4 is 152 Å². The van der Waals surface area contributed by atoms with E-state index >= 15 is 0 Å². The predicted octanol–water partition coefficient (Wildman–Crippen LogP) is 22.2. The van der Waals surface area contributed by atoms with Crippen LogP contribution in [0.4, 0.5) is 22.7 Å². The second-order valence-corrected chi connectivity index (χ2v) is 35.0. The smallest absolute Gasteiger partial charge is 0.339 e. The Labute approximate surface area is 685 Å². The number of thiazole rings is 3. The largest absolute Gasteiger partial charge is 0.479 e. The van der Waals surface area contributed by atoms with Crippen molar-refractivity contribution < 1.29 is 52.8 Å². The molecule has 14 rings (SSSR count). The normalized spacial score (nSPS) is 13.7. The second-order valence-electron chi connectivity index (χ2n) is 30.7. The fraction of sp³-hybridized carbons (Fsp3) is 0.303. The van der Waals surface area contributed by atoms with E-state index in [1.54, 1.807) is 72.5 Å². The Bertz CT molecular complexity index is 5680. The monoisotopic (exact) mass is 1630 g/mol. The Balaban J connectivity index is 0.000000157. The number of nitrogen functional groups attached to an aromatic ring is 1. The summed E-state index contributed by atoms with van der Waals surface area (Å²) >= 11 is 23.3. The van der Waals surface area contributed by atoms with Gasteiger partial charge in [0.05, 0.1) is 84.9 Å². The molecule has 0 bridgehead atoms. The number of nitrogens with two attached hydrogens (primary N) is 1. The van der Waals surface area contributed by atoms with E-state index in [9.17, 15) is 29.1 Å². The molecule has 3 atom stereocenters. The molecule has 0 spiro atoms. The molecule has 2 aliphatic rings. The first-order chi connectivity index (χ1) is 53.4. The first-order valence-electron chi connectivity index (χ1n) is 37.0. The number of carbonyl (C=O) groups is 5. The maximum Gasteiger partial charge on any atom is 0.339 e. The number of nitrogens with zero attached hydrogens (tertiary/aromatic N) is 5. The number of fused-ring (bicyclic) bond motifs is 5. The predicted molar refractivity (Wildman–Crippen MR) is 461 cm³/mol. The summed E-state index contributed by atoms with van der Waals surface area (Å²) in [5.41, 5.74) is 24.9. The van der Waals surface area contributed by atoms with Crippen molar-refractivity contribution in [3.63, 3.8) is 0 Å². The number of aliphatic carboxylic acids is 1. The number of carboxylic acids is 1. The molecular weight excluding hydrogens is 1550 g/mol. The number of hydrogen-bond donors (Lipinski definition) is 3. The van der Waals surface area contributed by atoms with Gasteiger partial charge in [-0.05, 0) is 251 Å². The number of esters is 2. The highest BCUT2D eigenvalue weighted by Crippen LogP contribution is 2.50. The Kier molecular flexibility index (Phi) is 24.5. The van der Waals surface area contributed by atoms with Crippen LogP contribution in [0, 0.1) is 20.8 Å². The molecule has 0 saturated heterocycles. The number of nitrogens with one attached hydrogen (secondary N) is 1. The van der Waals surface area contributed by atoms with Crippen molar-refractivity contribution in [2.45, 2.75) is 145 Å². The van der Waals surface area contributed by atoms with Gasteiger partial charge in [-0.2, -0.15) is 0 Å². The van der Waals surface area contributed by atoms with E-state index in [4.69, 9.17) is 79.2 Å². The number of anilines is 4. The molecule has 0 radical (unpaired) electrons. The third-order valence-corrected chi connectivity index (χ3v) is 23.2. The Morgan fingerprint density at radius 3 is 1.08 bits per heavy atom. The van der Waals surface area contributed by atoms with Crippen molar-refractivity contribution in [2.24, 2.45) is 0 Å². The third-order valence-electron chi connectivity index (χ3n) is 19.0. The number of halogens is 3. The van der Waals surface area contributed by atoms with E-state index in [2.05, 4.69) is 5.32 Å². The van der Waals surface area contributed by atoms with Crippen LogP contribution < -0.4 is 20.9 Å². The third kappa shape index (κ3) is 18.1. The van der Waals surface area contributed by atoms with E-state index < -0.39 is 53.0 Å². The van der Waals surface area contributed by atoms with Crippen molar-refractivity contribution in [1.29, 1.82) is 0 Å². The molecule has 113 heavy (non-hydrogen) atoms. The lowest BCUT2D eigenvalue weighted by Gasteiger charge is -2.29. The number of aromatic nitrogens is 3. The molecule has 0 saturated carbocycles. The summed E-state index contributed by atoms with van der Waals surface area (Å²) < 4.78 is 32.5. The quantitative estimate of drug-likeness (QED) is 0.0535. The maximum absolute atomic E-state index is 13.3.